The van der Waals surface area contributed by atoms with Crippen LogP contribution in [-0.2, 0) is 17.9 Å². The number of aromatic nitrogens is 2. The Balaban J connectivity index is 1.32. The molecule has 1 aliphatic heterocycles. The Morgan fingerprint density at radius 3 is 2.97 bits per heavy atom. The van der Waals surface area contributed by atoms with Crippen LogP contribution in [0.25, 0.3) is 11.4 Å². The van der Waals surface area contributed by atoms with E-state index in [0.29, 0.717) is 36.4 Å². The van der Waals surface area contributed by atoms with Gasteiger partial charge in [-0.25, -0.2) is 0 Å². The second kappa shape index (κ2) is 9.41. The molecule has 0 spiro atoms. The molecule has 1 aromatic heterocycles. The molecule has 30 heavy (non-hydrogen) atoms. The van der Waals surface area contributed by atoms with E-state index in [1.54, 1.807) is 0 Å². The van der Waals surface area contributed by atoms with E-state index in [0.717, 1.165) is 30.5 Å². The second-order valence-electron chi connectivity index (χ2n) is 7.80. The fourth-order valence-corrected chi connectivity index (χ4v) is 4.01. The van der Waals surface area contributed by atoms with Crippen molar-refractivity contribution >= 4 is 17.5 Å². The van der Waals surface area contributed by atoms with Crippen molar-refractivity contribution in [3.8, 4) is 11.4 Å². The fourth-order valence-electron chi connectivity index (χ4n) is 3.82. The minimum absolute atomic E-state index is 0.0288. The van der Waals surface area contributed by atoms with Gasteiger partial charge in [0, 0.05) is 23.7 Å². The van der Waals surface area contributed by atoms with Gasteiger partial charge in [0.2, 0.25) is 17.6 Å². The Morgan fingerprint density at radius 1 is 1.27 bits per heavy atom. The summed E-state index contributed by atoms with van der Waals surface area (Å²) in [5.41, 5.74) is 3.14. The molecular weight excluding hydrogens is 400 g/mol. The molecule has 0 aliphatic carbocycles. The molecule has 1 saturated heterocycles. The molecule has 1 amide bonds. The van der Waals surface area contributed by atoms with E-state index in [2.05, 4.69) is 39.4 Å². The van der Waals surface area contributed by atoms with Crippen molar-refractivity contribution < 1.29 is 9.32 Å². The van der Waals surface area contributed by atoms with E-state index >= 15 is 0 Å². The molecule has 6 nitrogen and oxygen atoms in total. The molecule has 1 unspecified atom stereocenters. The standard InChI is InChI=1S/C23H25ClN4O2/c1-16-5-2-6-17(11-16)13-25-23(29)19-8-4-10-28(14-19)15-21-26-22(27-30-21)18-7-3-9-20(24)12-18/h2-3,5-7,9,11-12,19H,4,8,10,13-15H2,1H3,(H,25,29). The molecule has 7 heteroatoms. The van der Waals surface area contributed by atoms with E-state index in [-0.39, 0.29) is 11.8 Å². The summed E-state index contributed by atoms with van der Waals surface area (Å²) in [5, 5.41) is 7.78. The van der Waals surface area contributed by atoms with Crippen LogP contribution >= 0.6 is 11.6 Å². The highest BCUT2D eigenvalue weighted by Crippen LogP contribution is 2.22. The second-order valence-corrected chi connectivity index (χ2v) is 8.24. The number of halogens is 1. The maximum Gasteiger partial charge on any atom is 0.241 e. The van der Waals surface area contributed by atoms with Gasteiger partial charge in [0.1, 0.15) is 0 Å². The number of carbonyl (C=O) groups excluding carboxylic acids is 1. The molecule has 156 valence electrons. The molecule has 0 radical (unpaired) electrons. The molecule has 2 heterocycles. The van der Waals surface area contributed by atoms with Crippen LogP contribution < -0.4 is 5.32 Å². The van der Waals surface area contributed by atoms with Gasteiger partial charge in [-0.3, -0.25) is 9.69 Å². The monoisotopic (exact) mass is 424 g/mol. The number of carbonyl (C=O) groups is 1. The van der Waals surface area contributed by atoms with Gasteiger partial charge in [-0.15, -0.1) is 0 Å². The van der Waals surface area contributed by atoms with Crippen molar-refractivity contribution in [2.45, 2.75) is 32.9 Å². The minimum atomic E-state index is -0.0288. The first-order valence-electron chi connectivity index (χ1n) is 10.2. The molecule has 1 N–H and O–H groups in total. The van der Waals surface area contributed by atoms with Crippen LogP contribution in [0.1, 0.15) is 29.9 Å². The van der Waals surface area contributed by atoms with Gasteiger partial charge in [0.25, 0.3) is 0 Å². The number of nitrogens with one attached hydrogen (secondary N) is 1. The highest BCUT2D eigenvalue weighted by Gasteiger charge is 2.26. The number of likely N-dealkylation sites (tertiary alicyclic amines) is 1. The molecule has 1 aliphatic rings. The largest absolute Gasteiger partial charge is 0.352 e. The first kappa shape index (κ1) is 20.6. The third kappa shape index (κ3) is 5.26. The summed E-state index contributed by atoms with van der Waals surface area (Å²) in [5.74, 6) is 1.15. The van der Waals surface area contributed by atoms with E-state index < -0.39 is 0 Å². The Kier molecular flexibility index (Phi) is 6.45. The zero-order chi connectivity index (χ0) is 20.9. The van der Waals surface area contributed by atoms with Gasteiger partial charge in [0.15, 0.2) is 0 Å². The van der Waals surface area contributed by atoms with E-state index in [1.807, 2.05) is 36.4 Å². The lowest BCUT2D eigenvalue weighted by Crippen LogP contribution is -2.42. The number of benzene rings is 2. The van der Waals surface area contributed by atoms with Crippen molar-refractivity contribution in [1.29, 1.82) is 0 Å². The highest BCUT2D eigenvalue weighted by molar-refractivity contribution is 6.30. The van der Waals surface area contributed by atoms with E-state index in [4.69, 9.17) is 16.1 Å². The summed E-state index contributed by atoms with van der Waals surface area (Å²) < 4.78 is 5.43. The lowest BCUT2D eigenvalue weighted by atomic mass is 9.97. The normalized spacial score (nSPS) is 17.1. The first-order chi connectivity index (χ1) is 14.6. The Hall–Kier alpha value is -2.70. The SMILES string of the molecule is Cc1cccc(CNC(=O)C2CCCN(Cc3nc(-c4cccc(Cl)c4)no3)C2)c1. The van der Waals surface area contributed by atoms with Crippen molar-refractivity contribution in [3.63, 3.8) is 0 Å². The van der Waals surface area contributed by atoms with Gasteiger partial charge >= 0.3 is 0 Å². The van der Waals surface area contributed by atoms with Crippen molar-refractivity contribution in [1.82, 2.24) is 20.4 Å². The number of nitrogens with zero attached hydrogens (tertiary/aromatic N) is 3. The van der Waals surface area contributed by atoms with Gasteiger partial charge in [-0.2, -0.15) is 4.98 Å². The summed E-state index contributed by atoms with van der Waals surface area (Å²) in [6, 6.07) is 15.6. The summed E-state index contributed by atoms with van der Waals surface area (Å²) in [6.45, 7) is 4.75. The highest BCUT2D eigenvalue weighted by atomic mass is 35.5. The molecule has 3 aromatic rings. The van der Waals surface area contributed by atoms with Crippen LogP contribution in [0.4, 0.5) is 0 Å². The average molecular weight is 425 g/mol. The molecule has 0 bridgehead atoms. The summed E-state index contributed by atoms with van der Waals surface area (Å²) >= 11 is 6.04. The van der Waals surface area contributed by atoms with E-state index in [1.165, 1.54) is 5.56 Å². The molecule has 4 rings (SSSR count). The lowest BCUT2D eigenvalue weighted by Gasteiger charge is -2.30. The van der Waals surface area contributed by atoms with Crippen molar-refractivity contribution in [2.75, 3.05) is 13.1 Å². The predicted molar refractivity (Wildman–Crippen MR) is 116 cm³/mol. The average Bonchev–Trinajstić information content (AvgIpc) is 3.21. The van der Waals surface area contributed by atoms with E-state index in [9.17, 15) is 4.79 Å². The zero-order valence-electron chi connectivity index (χ0n) is 17.0. The van der Waals surface area contributed by atoms with Crippen molar-refractivity contribution in [2.24, 2.45) is 5.92 Å². The number of rotatable bonds is 6. The van der Waals surface area contributed by atoms with Crippen LogP contribution in [0, 0.1) is 12.8 Å². The van der Waals surface area contributed by atoms with Gasteiger partial charge in [-0.1, -0.05) is 58.7 Å². The van der Waals surface area contributed by atoms with Crippen LogP contribution in [0.2, 0.25) is 5.02 Å². The van der Waals surface area contributed by atoms with Gasteiger partial charge in [-0.05, 0) is 44.0 Å². The number of amides is 1. The number of aryl methyl sites for hydroxylation is 1. The molecule has 2 aromatic carbocycles. The summed E-state index contributed by atoms with van der Waals surface area (Å²) in [7, 11) is 0. The molecular formula is C23H25ClN4O2. The third-order valence-electron chi connectivity index (χ3n) is 5.34. The first-order valence-corrected chi connectivity index (χ1v) is 10.6. The Bertz CT molecular complexity index is 1020. The predicted octanol–water partition coefficient (Wildman–Crippen LogP) is 4.23. The third-order valence-corrected chi connectivity index (χ3v) is 5.57. The number of piperidine rings is 1. The van der Waals surface area contributed by atoms with Gasteiger partial charge in [0.05, 0.1) is 12.5 Å². The summed E-state index contributed by atoms with van der Waals surface area (Å²) in [6.07, 6.45) is 1.87. The Morgan fingerprint density at radius 2 is 2.13 bits per heavy atom. The van der Waals surface area contributed by atoms with Gasteiger partial charge < -0.3 is 9.84 Å². The smallest absolute Gasteiger partial charge is 0.241 e. The van der Waals surface area contributed by atoms with Crippen molar-refractivity contribution in [3.05, 3.63) is 70.6 Å². The fraction of sp³-hybridized carbons (Fsp3) is 0.348. The summed E-state index contributed by atoms with van der Waals surface area (Å²) in [4.78, 5) is 19.4. The topological polar surface area (TPSA) is 71.3 Å². The van der Waals surface area contributed by atoms with Crippen LogP contribution in [0.15, 0.2) is 53.1 Å². The maximum absolute atomic E-state index is 12.7. The lowest BCUT2D eigenvalue weighted by molar-refractivity contribution is -0.127. The molecule has 1 fully saturated rings. The van der Waals surface area contributed by atoms with Crippen LogP contribution in [-0.4, -0.2) is 34.0 Å². The Labute approximate surface area is 181 Å². The zero-order valence-corrected chi connectivity index (χ0v) is 17.7. The van der Waals surface area contributed by atoms with Crippen LogP contribution in [0.5, 0.6) is 0 Å². The minimum Gasteiger partial charge on any atom is -0.352 e. The number of hydrogen-bond donors (Lipinski definition) is 1. The number of hydrogen-bond acceptors (Lipinski definition) is 5. The molecule has 1 atom stereocenters. The van der Waals surface area contributed by atoms with Crippen LogP contribution in [0.3, 0.4) is 0 Å². The maximum atomic E-state index is 12.7. The quantitative estimate of drug-likeness (QED) is 0.641. The molecule has 0 saturated carbocycles.